The number of aromatic amines is 1. The molecule has 0 radical (unpaired) electrons. The number of nitrogens with zero attached hydrogens (tertiary/aromatic N) is 3. The number of halogens is 1. The van der Waals surface area contributed by atoms with Crippen LogP contribution in [0.3, 0.4) is 0 Å². The third kappa shape index (κ3) is 3.81. The molecule has 3 aromatic rings. The second-order valence-corrected chi connectivity index (χ2v) is 7.51. The number of aromatic nitrogens is 2. The highest BCUT2D eigenvalue weighted by molar-refractivity contribution is 9.10. The zero-order valence-electron chi connectivity index (χ0n) is 15.3. The van der Waals surface area contributed by atoms with Crippen LogP contribution in [0.25, 0.3) is 11.4 Å². The van der Waals surface area contributed by atoms with E-state index in [1.165, 1.54) is 5.69 Å². The quantitative estimate of drug-likeness (QED) is 0.631. The first kappa shape index (κ1) is 18.7. The Hall–Kier alpha value is -2.64. The summed E-state index contributed by atoms with van der Waals surface area (Å²) in [5.74, 6) is -0.214. The molecule has 1 fully saturated rings. The molecule has 2 heterocycles. The van der Waals surface area contributed by atoms with Gasteiger partial charge in [-0.25, -0.2) is 4.98 Å². The number of piperazine rings is 1. The number of para-hydroxylation sites is 1. The van der Waals surface area contributed by atoms with Gasteiger partial charge < -0.3 is 15.0 Å². The van der Waals surface area contributed by atoms with Crippen molar-refractivity contribution in [2.45, 2.75) is 6.04 Å². The zero-order chi connectivity index (χ0) is 19.5. The topological polar surface area (TPSA) is 72.5 Å². The van der Waals surface area contributed by atoms with E-state index in [4.69, 9.17) is 0 Å². The van der Waals surface area contributed by atoms with Crippen molar-refractivity contribution in [2.24, 2.45) is 0 Å². The predicted molar refractivity (Wildman–Crippen MR) is 112 cm³/mol. The lowest BCUT2D eigenvalue weighted by atomic mass is 10.1. The van der Waals surface area contributed by atoms with Crippen molar-refractivity contribution in [3.8, 4) is 11.4 Å². The lowest BCUT2D eigenvalue weighted by Crippen LogP contribution is -2.49. The van der Waals surface area contributed by atoms with Crippen molar-refractivity contribution in [1.82, 2.24) is 14.9 Å². The van der Waals surface area contributed by atoms with Gasteiger partial charge in [-0.15, -0.1) is 0 Å². The van der Waals surface area contributed by atoms with Crippen molar-refractivity contribution >= 4 is 27.6 Å². The van der Waals surface area contributed by atoms with Crippen molar-refractivity contribution in [3.63, 3.8) is 0 Å². The molecule has 1 aliphatic heterocycles. The highest BCUT2D eigenvalue weighted by Crippen LogP contribution is 2.31. The SMILES string of the molecule is O=C(O)C(c1[nH]c(-c2ccccc2)nc1Br)N1CCN(c2ccccc2)CC1. The molecule has 144 valence electrons. The van der Waals surface area contributed by atoms with Gasteiger partial charge in [-0.2, -0.15) is 0 Å². The van der Waals surface area contributed by atoms with Crippen LogP contribution in [0.4, 0.5) is 5.69 Å². The number of H-pyrrole nitrogens is 1. The molecule has 28 heavy (non-hydrogen) atoms. The van der Waals surface area contributed by atoms with Crippen LogP contribution in [0.1, 0.15) is 11.7 Å². The Labute approximate surface area is 172 Å². The molecule has 2 aromatic carbocycles. The number of imidazole rings is 1. The van der Waals surface area contributed by atoms with E-state index in [2.05, 4.69) is 42.9 Å². The number of hydrogen-bond acceptors (Lipinski definition) is 4. The summed E-state index contributed by atoms with van der Waals surface area (Å²) < 4.78 is 0.546. The average molecular weight is 441 g/mol. The van der Waals surface area contributed by atoms with E-state index in [0.29, 0.717) is 29.2 Å². The first-order chi connectivity index (χ1) is 13.6. The maximum Gasteiger partial charge on any atom is 0.327 e. The lowest BCUT2D eigenvalue weighted by molar-refractivity contribution is -0.144. The van der Waals surface area contributed by atoms with E-state index in [-0.39, 0.29) is 0 Å². The van der Waals surface area contributed by atoms with Crippen LogP contribution < -0.4 is 4.90 Å². The molecule has 1 unspecified atom stereocenters. The number of aliphatic carboxylic acids is 1. The summed E-state index contributed by atoms with van der Waals surface area (Å²) in [6.45, 7) is 2.90. The Kier molecular flexibility index (Phi) is 5.45. The first-order valence-corrected chi connectivity index (χ1v) is 10.0. The highest BCUT2D eigenvalue weighted by Gasteiger charge is 2.33. The van der Waals surface area contributed by atoms with Crippen molar-refractivity contribution < 1.29 is 9.90 Å². The van der Waals surface area contributed by atoms with Crippen LogP contribution >= 0.6 is 15.9 Å². The zero-order valence-corrected chi connectivity index (χ0v) is 16.8. The van der Waals surface area contributed by atoms with Gasteiger partial charge in [0.05, 0.1) is 5.69 Å². The summed E-state index contributed by atoms with van der Waals surface area (Å²) in [5, 5.41) is 9.94. The Morgan fingerprint density at radius 2 is 1.61 bits per heavy atom. The van der Waals surface area contributed by atoms with Crippen LogP contribution in [-0.2, 0) is 4.79 Å². The minimum atomic E-state index is -0.878. The Morgan fingerprint density at radius 3 is 2.21 bits per heavy atom. The molecule has 0 aliphatic carbocycles. The summed E-state index contributed by atoms with van der Waals surface area (Å²) in [4.78, 5) is 24.1. The smallest absolute Gasteiger partial charge is 0.327 e. The third-order valence-electron chi connectivity index (χ3n) is 5.04. The molecular formula is C21H21BrN4O2. The molecule has 6 nitrogen and oxygen atoms in total. The number of rotatable bonds is 5. The average Bonchev–Trinajstić information content (AvgIpc) is 3.11. The van der Waals surface area contributed by atoms with E-state index in [9.17, 15) is 9.90 Å². The molecule has 0 amide bonds. The van der Waals surface area contributed by atoms with Crippen LogP contribution in [-0.4, -0.2) is 52.1 Å². The van der Waals surface area contributed by atoms with Crippen molar-refractivity contribution in [3.05, 3.63) is 71.0 Å². The molecule has 1 aliphatic rings. The monoisotopic (exact) mass is 440 g/mol. The number of benzene rings is 2. The molecule has 1 saturated heterocycles. The normalized spacial score (nSPS) is 16.1. The van der Waals surface area contributed by atoms with Gasteiger partial charge in [0.2, 0.25) is 0 Å². The molecule has 1 atom stereocenters. The number of hydrogen-bond donors (Lipinski definition) is 2. The summed E-state index contributed by atoms with van der Waals surface area (Å²) in [7, 11) is 0. The minimum absolute atomic E-state index is 0.546. The first-order valence-electron chi connectivity index (χ1n) is 9.21. The molecule has 0 spiro atoms. The van der Waals surface area contributed by atoms with Crippen molar-refractivity contribution in [1.29, 1.82) is 0 Å². The molecule has 2 N–H and O–H groups in total. The number of carboxylic acids is 1. The Balaban J connectivity index is 1.54. The highest BCUT2D eigenvalue weighted by atomic mass is 79.9. The Bertz CT molecular complexity index is 938. The van der Waals surface area contributed by atoms with Gasteiger partial charge in [-0.3, -0.25) is 9.69 Å². The standard InChI is InChI=1S/C21H21BrN4O2/c22-19-17(23-20(24-19)15-7-3-1-4-8-15)18(21(27)28)26-13-11-25(12-14-26)16-9-5-2-6-10-16/h1-10,18H,11-14H2,(H,23,24)(H,27,28). The van der Waals surface area contributed by atoms with Gasteiger partial charge in [0.25, 0.3) is 0 Å². The predicted octanol–water partition coefficient (Wildman–Crippen LogP) is 3.79. The molecule has 1 aromatic heterocycles. The van der Waals surface area contributed by atoms with Gasteiger partial charge in [0.15, 0.2) is 6.04 Å². The second kappa shape index (κ2) is 8.16. The molecule has 0 bridgehead atoms. The minimum Gasteiger partial charge on any atom is -0.480 e. The molecule has 4 rings (SSSR count). The third-order valence-corrected chi connectivity index (χ3v) is 5.65. The number of carbonyl (C=O) groups is 1. The van der Waals surface area contributed by atoms with Gasteiger partial charge in [-0.1, -0.05) is 48.5 Å². The van der Waals surface area contributed by atoms with Crippen LogP contribution in [0.5, 0.6) is 0 Å². The lowest BCUT2D eigenvalue weighted by Gasteiger charge is -2.38. The van der Waals surface area contributed by atoms with Crippen LogP contribution in [0.2, 0.25) is 0 Å². The summed E-state index contributed by atoms with van der Waals surface area (Å²) in [6.07, 6.45) is 0. The van der Waals surface area contributed by atoms with E-state index in [1.807, 2.05) is 53.4 Å². The van der Waals surface area contributed by atoms with E-state index in [0.717, 1.165) is 18.7 Å². The van der Waals surface area contributed by atoms with Gasteiger partial charge in [0, 0.05) is 37.4 Å². The van der Waals surface area contributed by atoms with Crippen molar-refractivity contribution in [2.75, 3.05) is 31.1 Å². The fraction of sp³-hybridized carbons (Fsp3) is 0.238. The largest absolute Gasteiger partial charge is 0.480 e. The second-order valence-electron chi connectivity index (χ2n) is 6.76. The maximum absolute atomic E-state index is 12.1. The molecule has 0 saturated carbocycles. The summed E-state index contributed by atoms with van der Waals surface area (Å²) in [5.41, 5.74) is 2.68. The Morgan fingerprint density at radius 1 is 1.00 bits per heavy atom. The van der Waals surface area contributed by atoms with Crippen LogP contribution in [0, 0.1) is 0 Å². The maximum atomic E-state index is 12.1. The molecular weight excluding hydrogens is 420 g/mol. The van der Waals surface area contributed by atoms with Gasteiger partial charge in [-0.05, 0) is 28.1 Å². The molecule has 7 heteroatoms. The van der Waals surface area contributed by atoms with E-state index < -0.39 is 12.0 Å². The number of carboxylic acid groups (broad SMARTS) is 1. The fourth-order valence-corrected chi connectivity index (χ4v) is 4.11. The van der Waals surface area contributed by atoms with E-state index in [1.54, 1.807) is 0 Å². The summed E-state index contributed by atoms with van der Waals surface area (Å²) >= 11 is 3.46. The fourth-order valence-electron chi connectivity index (χ4n) is 3.62. The van der Waals surface area contributed by atoms with E-state index >= 15 is 0 Å². The van der Waals surface area contributed by atoms with Gasteiger partial charge in [0.1, 0.15) is 10.4 Å². The van der Waals surface area contributed by atoms with Crippen LogP contribution in [0.15, 0.2) is 65.3 Å². The summed E-state index contributed by atoms with van der Waals surface area (Å²) in [6, 6.07) is 19.2. The number of nitrogens with one attached hydrogen (secondary N) is 1. The van der Waals surface area contributed by atoms with Gasteiger partial charge >= 0.3 is 5.97 Å². The number of anilines is 1.